The Morgan fingerprint density at radius 3 is 2.43 bits per heavy atom. The minimum Gasteiger partial charge on any atom is -0.314 e. The first-order chi connectivity index (χ1) is 6.08. The third-order valence-electron chi connectivity index (χ3n) is 2.00. The van der Waals surface area contributed by atoms with Gasteiger partial charge in [-0.05, 0) is 0 Å². The maximum atomic E-state index is 10.7. The van der Waals surface area contributed by atoms with Gasteiger partial charge in [-0.25, -0.2) is 13.1 Å². The molecule has 0 radical (unpaired) electrons. The molecule has 1 fully saturated rings. The molecule has 0 aromatic heterocycles. The molecule has 1 saturated heterocycles. The van der Waals surface area contributed by atoms with Crippen LogP contribution in [0.3, 0.4) is 0 Å². The van der Waals surface area contributed by atoms with Crippen LogP contribution in [-0.4, -0.2) is 58.8 Å². The number of rotatable bonds is 4. The van der Waals surface area contributed by atoms with Gasteiger partial charge in [0.2, 0.25) is 10.0 Å². The van der Waals surface area contributed by atoms with Gasteiger partial charge in [0.1, 0.15) is 0 Å². The molecule has 0 unspecified atom stereocenters. The lowest BCUT2D eigenvalue weighted by atomic mass is 10.3. The van der Waals surface area contributed by atoms with E-state index in [1.54, 1.807) is 0 Å². The fourth-order valence-electron chi connectivity index (χ4n) is 1.32. The number of hydrogen-bond acceptors (Lipinski definition) is 4. The summed E-state index contributed by atoms with van der Waals surface area (Å²) in [6.07, 6.45) is 1.19. The van der Waals surface area contributed by atoms with Gasteiger partial charge < -0.3 is 5.32 Å². The molecule has 1 rings (SSSR count). The summed E-state index contributed by atoms with van der Waals surface area (Å²) < 4.78 is 23.9. The van der Waals surface area contributed by atoms with E-state index in [4.69, 9.17) is 0 Å². The van der Waals surface area contributed by atoms with E-state index >= 15 is 0 Å². The molecular formula is C7H18ClN3O2S. The van der Waals surface area contributed by atoms with Crippen LogP contribution in [-0.2, 0) is 10.0 Å². The SMILES string of the molecule is CS(=O)(=O)NCCN1CCNCC1.Cl. The first-order valence-corrected chi connectivity index (χ1v) is 6.35. The van der Waals surface area contributed by atoms with Crippen LogP contribution in [0.15, 0.2) is 0 Å². The highest BCUT2D eigenvalue weighted by molar-refractivity contribution is 7.88. The zero-order valence-corrected chi connectivity index (χ0v) is 9.96. The number of hydrogen-bond donors (Lipinski definition) is 2. The molecular weight excluding hydrogens is 226 g/mol. The second kappa shape index (κ2) is 6.58. The van der Waals surface area contributed by atoms with E-state index in [0.717, 1.165) is 32.7 Å². The van der Waals surface area contributed by atoms with Crippen molar-refractivity contribution in [3.63, 3.8) is 0 Å². The van der Waals surface area contributed by atoms with Crippen molar-refractivity contribution >= 4 is 22.4 Å². The molecule has 0 amide bonds. The maximum Gasteiger partial charge on any atom is 0.208 e. The second-order valence-electron chi connectivity index (χ2n) is 3.26. The number of nitrogens with one attached hydrogen (secondary N) is 2. The molecule has 0 spiro atoms. The van der Waals surface area contributed by atoms with Crippen LogP contribution in [0.25, 0.3) is 0 Å². The summed E-state index contributed by atoms with van der Waals surface area (Å²) in [5, 5.41) is 3.24. The van der Waals surface area contributed by atoms with Crippen LogP contribution in [0.1, 0.15) is 0 Å². The molecule has 0 aliphatic carbocycles. The Morgan fingerprint density at radius 1 is 1.36 bits per heavy atom. The maximum absolute atomic E-state index is 10.7. The summed E-state index contributed by atoms with van der Waals surface area (Å²) in [6.45, 7) is 5.32. The van der Waals surface area contributed by atoms with E-state index < -0.39 is 10.0 Å². The summed E-state index contributed by atoms with van der Waals surface area (Å²) in [6, 6.07) is 0. The van der Waals surface area contributed by atoms with Crippen LogP contribution in [0.2, 0.25) is 0 Å². The zero-order chi connectivity index (χ0) is 9.73. The molecule has 0 bridgehead atoms. The fraction of sp³-hybridized carbons (Fsp3) is 1.00. The van der Waals surface area contributed by atoms with Gasteiger partial charge in [-0.2, -0.15) is 0 Å². The third-order valence-corrected chi connectivity index (χ3v) is 2.73. The summed E-state index contributed by atoms with van der Waals surface area (Å²) in [7, 11) is -3.02. The van der Waals surface area contributed by atoms with Gasteiger partial charge in [-0.3, -0.25) is 4.90 Å². The number of halogens is 1. The summed E-state index contributed by atoms with van der Waals surface area (Å²) >= 11 is 0. The van der Waals surface area contributed by atoms with E-state index in [0.29, 0.717) is 6.54 Å². The highest BCUT2D eigenvalue weighted by Crippen LogP contribution is 1.90. The fourth-order valence-corrected chi connectivity index (χ4v) is 1.79. The van der Waals surface area contributed by atoms with Crippen LogP contribution in [0, 0.1) is 0 Å². The molecule has 0 saturated carbocycles. The molecule has 0 aromatic carbocycles. The van der Waals surface area contributed by atoms with Crippen molar-refractivity contribution in [2.75, 3.05) is 45.5 Å². The Kier molecular flexibility index (Phi) is 6.63. The predicted molar refractivity (Wildman–Crippen MR) is 59.4 cm³/mol. The molecule has 1 aliphatic heterocycles. The summed E-state index contributed by atoms with van der Waals surface area (Å²) in [4.78, 5) is 2.24. The highest BCUT2D eigenvalue weighted by atomic mass is 35.5. The molecule has 14 heavy (non-hydrogen) atoms. The van der Waals surface area contributed by atoms with Gasteiger partial charge in [0, 0.05) is 39.3 Å². The Balaban J connectivity index is 0.00000169. The first-order valence-electron chi connectivity index (χ1n) is 4.46. The van der Waals surface area contributed by atoms with E-state index in [1.807, 2.05) is 0 Å². The lowest BCUT2D eigenvalue weighted by Gasteiger charge is -2.26. The average Bonchev–Trinajstić information content (AvgIpc) is 2.04. The third kappa shape index (κ3) is 6.56. The van der Waals surface area contributed by atoms with Crippen molar-refractivity contribution in [3.05, 3.63) is 0 Å². The first kappa shape index (κ1) is 14.1. The average molecular weight is 244 g/mol. The minimum absolute atomic E-state index is 0. The van der Waals surface area contributed by atoms with E-state index in [9.17, 15) is 8.42 Å². The molecule has 86 valence electrons. The van der Waals surface area contributed by atoms with Gasteiger partial charge in [-0.15, -0.1) is 12.4 Å². The van der Waals surface area contributed by atoms with Crippen molar-refractivity contribution in [2.24, 2.45) is 0 Å². The molecule has 0 atom stereocenters. The lowest BCUT2D eigenvalue weighted by molar-refractivity contribution is 0.245. The van der Waals surface area contributed by atoms with Crippen LogP contribution in [0.4, 0.5) is 0 Å². The molecule has 1 heterocycles. The molecule has 5 nitrogen and oxygen atoms in total. The Bertz CT molecular complexity index is 239. The largest absolute Gasteiger partial charge is 0.314 e. The van der Waals surface area contributed by atoms with E-state index in [-0.39, 0.29) is 12.4 Å². The standard InChI is InChI=1S/C7H17N3O2S.ClH/c1-13(11,12)9-4-7-10-5-2-8-3-6-10;/h8-9H,2-7H2,1H3;1H. The zero-order valence-electron chi connectivity index (χ0n) is 8.32. The van der Waals surface area contributed by atoms with Crippen molar-refractivity contribution in [1.29, 1.82) is 0 Å². The van der Waals surface area contributed by atoms with Crippen molar-refractivity contribution in [2.45, 2.75) is 0 Å². The Morgan fingerprint density at radius 2 is 1.93 bits per heavy atom. The quantitative estimate of drug-likeness (QED) is 0.656. The molecule has 1 aliphatic rings. The molecule has 7 heteroatoms. The van der Waals surface area contributed by atoms with Crippen LogP contribution < -0.4 is 10.0 Å². The molecule has 0 aromatic rings. The highest BCUT2D eigenvalue weighted by Gasteiger charge is 2.09. The molecule has 2 N–H and O–H groups in total. The van der Waals surface area contributed by atoms with Crippen molar-refractivity contribution < 1.29 is 8.42 Å². The predicted octanol–water partition coefficient (Wildman–Crippen LogP) is -1.14. The lowest BCUT2D eigenvalue weighted by Crippen LogP contribution is -2.46. The van der Waals surface area contributed by atoms with Crippen LogP contribution in [0.5, 0.6) is 0 Å². The summed E-state index contributed by atoms with van der Waals surface area (Å²) in [5.41, 5.74) is 0. The minimum atomic E-state index is -3.02. The Hall–Kier alpha value is 0.120. The number of nitrogens with zero attached hydrogens (tertiary/aromatic N) is 1. The van der Waals surface area contributed by atoms with Crippen LogP contribution >= 0.6 is 12.4 Å². The second-order valence-corrected chi connectivity index (χ2v) is 5.09. The topological polar surface area (TPSA) is 61.4 Å². The normalized spacial score (nSPS) is 18.9. The van der Waals surface area contributed by atoms with E-state index in [1.165, 1.54) is 6.26 Å². The smallest absolute Gasteiger partial charge is 0.208 e. The summed E-state index contributed by atoms with van der Waals surface area (Å²) in [5.74, 6) is 0. The van der Waals surface area contributed by atoms with Crippen molar-refractivity contribution in [1.82, 2.24) is 14.9 Å². The van der Waals surface area contributed by atoms with E-state index in [2.05, 4.69) is 14.9 Å². The monoisotopic (exact) mass is 243 g/mol. The van der Waals surface area contributed by atoms with Crippen molar-refractivity contribution in [3.8, 4) is 0 Å². The number of piperazine rings is 1. The van der Waals surface area contributed by atoms with Gasteiger partial charge in [0.05, 0.1) is 6.26 Å². The van der Waals surface area contributed by atoms with Gasteiger partial charge in [0.15, 0.2) is 0 Å². The van der Waals surface area contributed by atoms with Gasteiger partial charge >= 0.3 is 0 Å². The van der Waals surface area contributed by atoms with Gasteiger partial charge in [0.25, 0.3) is 0 Å². The van der Waals surface area contributed by atoms with Gasteiger partial charge in [-0.1, -0.05) is 0 Å². The Labute approximate surface area is 91.7 Å². The number of sulfonamides is 1.